The summed E-state index contributed by atoms with van der Waals surface area (Å²) in [4.78, 5) is 20.5. The van der Waals surface area contributed by atoms with Crippen molar-refractivity contribution in [1.29, 1.82) is 0 Å². The lowest BCUT2D eigenvalue weighted by Gasteiger charge is -2.20. The van der Waals surface area contributed by atoms with Crippen LogP contribution in [0.1, 0.15) is 43.6 Å². The molecule has 1 heterocycles. The summed E-state index contributed by atoms with van der Waals surface area (Å²) in [5, 5.41) is 6.07. The van der Waals surface area contributed by atoms with Crippen molar-refractivity contribution in [3.63, 3.8) is 0 Å². The predicted octanol–water partition coefficient (Wildman–Crippen LogP) is 3.31. The molecule has 0 saturated carbocycles. The van der Waals surface area contributed by atoms with Crippen LogP contribution in [0.15, 0.2) is 36.7 Å². The van der Waals surface area contributed by atoms with Crippen LogP contribution in [0, 0.1) is 0 Å². The number of benzene rings is 1. The Morgan fingerprint density at radius 3 is 2.36 bits per heavy atom. The third kappa shape index (κ3) is 4.28. The van der Waals surface area contributed by atoms with Crippen LogP contribution in [0.2, 0.25) is 0 Å². The first-order valence-corrected chi connectivity index (χ1v) is 7.38. The van der Waals surface area contributed by atoms with Crippen molar-refractivity contribution in [1.82, 2.24) is 15.3 Å². The maximum Gasteiger partial charge on any atom is 0.254 e. The van der Waals surface area contributed by atoms with Crippen LogP contribution in [0.25, 0.3) is 0 Å². The van der Waals surface area contributed by atoms with E-state index in [2.05, 4.69) is 33.6 Å². The van der Waals surface area contributed by atoms with Crippen molar-refractivity contribution in [2.24, 2.45) is 0 Å². The van der Waals surface area contributed by atoms with Crippen molar-refractivity contribution in [2.75, 3.05) is 5.32 Å². The minimum atomic E-state index is -0.284. The second-order valence-corrected chi connectivity index (χ2v) is 6.14. The number of amides is 1. The van der Waals surface area contributed by atoms with Crippen LogP contribution in [0.3, 0.4) is 0 Å². The average molecular weight is 298 g/mol. The zero-order valence-electron chi connectivity index (χ0n) is 13.5. The highest BCUT2D eigenvalue weighted by Crippen LogP contribution is 2.18. The van der Waals surface area contributed by atoms with Crippen molar-refractivity contribution < 1.29 is 4.79 Å². The molecule has 0 aliphatic heterocycles. The Morgan fingerprint density at radius 2 is 1.77 bits per heavy atom. The van der Waals surface area contributed by atoms with E-state index in [0.717, 1.165) is 12.1 Å². The molecule has 116 valence electrons. The molecule has 0 unspecified atom stereocenters. The number of hydrogen-bond acceptors (Lipinski definition) is 4. The molecule has 5 heteroatoms. The summed E-state index contributed by atoms with van der Waals surface area (Å²) < 4.78 is 0. The summed E-state index contributed by atoms with van der Waals surface area (Å²) in [6.07, 6.45) is 3.99. The fourth-order valence-corrected chi connectivity index (χ4v) is 1.99. The lowest BCUT2D eigenvalue weighted by atomic mass is 10.1. The summed E-state index contributed by atoms with van der Waals surface area (Å²) in [6.45, 7) is 7.90. The van der Waals surface area contributed by atoms with Gasteiger partial charge in [0.1, 0.15) is 0 Å². The predicted molar refractivity (Wildman–Crippen MR) is 88.4 cm³/mol. The zero-order chi connectivity index (χ0) is 16.2. The molecule has 5 nitrogen and oxygen atoms in total. The van der Waals surface area contributed by atoms with Crippen LogP contribution < -0.4 is 10.6 Å². The lowest BCUT2D eigenvalue weighted by Crippen LogP contribution is -2.40. The molecule has 2 rings (SSSR count). The van der Waals surface area contributed by atoms with Crippen molar-refractivity contribution >= 4 is 17.5 Å². The van der Waals surface area contributed by atoms with Gasteiger partial charge in [0.2, 0.25) is 5.95 Å². The van der Waals surface area contributed by atoms with Crippen LogP contribution in [-0.4, -0.2) is 21.4 Å². The number of hydrogen-bond donors (Lipinski definition) is 2. The first-order valence-electron chi connectivity index (χ1n) is 7.38. The van der Waals surface area contributed by atoms with Crippen LogP contribution in [0.5, 0.6) is 0 Å². The second-order valence-electron chi connectivity index (χ2n) is 6.14. The second kappa shape index (κ2) is 6.56. The first-order chi connectivity index (χ1) is 10.4. The largest absolute Gasteiger partial charge is 0.347 e. The third-order valence-corrected chi connectivity index (χ3v) is 3.05. The summed E-state index contributed by atoms with van der Waals surface area (Å²) in [6, 6.07) is 8.02. The molecular weight excluding hydrogens is 276 g/mol. The Kier molecular flexibility index (Phi) is 4.75. The van der Waals surface area contributed by atoms with Gasteiger partial charge in [-0.25, -0.2) is 9.97 Å². The van der Waals surface area contributed by atoms with E-state index >= 15 is 0 Å². The quantitative estimate of drug-likeness (QED) is 0.908. The molecule has 0 saturated heterocycles. The van der Waals surface area contributed by atoms with E-state index in [1.807, 2.05) is 39.0 Å². The SMILES string of the molecule is CCc1ccccc1Nc1ncc(C(=O)NC(C)(C)C)cn1. The molecule has 1 aromatic heterocycles. The third-order valence-electron chi connectivity index (χ3n) is 3.05. The van der Waals surface area contributed by atoms with E-state index in [1.54, 1.807) is 0 Å². The number of nitrogens with one attached hydrogen (secondary N) is 2. The summed E-state index contributed by atoms with van der Waals surface area (Å²) >= 11 is 0. The van der Waals surface area contributed by atoms with Gasteiger partial charge >= 0.3 is 0 Å². The Balaban J connectivity index is 2.11. The number of aromatic nitrogens is 2. The van der Waals surface area contributed by atoms with Gasteiger partial charge in [-0.2, -0.15) is 0 Å². The Bertz CT molecular complexity index is 644. The van der Waals surface area contributed by atoms with Crippen LogP contribution >= 0.6 is 0 Å². The van der Waals surface area contributed by atoms with E-state index in [1.165, 1.54) is 18.0 Å². The normalized spacial score (nSPS) is 11.1. The molecule has 0 fully saturated rings. The van der Waals surface area contributed by atoms with E-state index in [4.69, 9.17) is 0 Å². The molecule has 0 spiro atoms. The smallest absolute Gasteiger partial charge is 0.254 e. The standard InChI is InChI=1S/C17H22N4O/c1-5-12-8-6-7-9-14(12)20-16-18-10-13(11-19-16)15(22)21-17(2,3)4/h6-11H,5H2,1-4H3,(H,21,22)(H,18,19,20). The molecule has 0 radical (unpaired) electrons. The number of para-hydroxylation sites is 1. The molecule has 0 atom stereocenters. The van der Waals surface area contributed by atoms with E-state index < -0.39 is 0 Å². The fraction of sp³-hybridized carbons (Fsp3) is 0.353. The lowest BCUT2D eigenvalue weighted by molar-refractivity contribution is 0.0919. The minimum absolute atomic E-state index is 0.173. The van der Waals surface area contributed by atoms with Crippen molar-refractivity contribution in [3.05, 3.63) is 47.8 Å². The fourth-order valence-electron chi connectivity index (χ4n) is 1.99. The minimum Gasteiger partial charge on any atom is -0.347 e. The molecule has 2 aromatic rings. The summed E-state index contributed by atoms with van der Waals surface area (Å²) in [5.41, 5.74) is 2.34. The van der Waals surface area contributed by atoms with E-state index in [9.17, 15) is 4.79 Å². The summed E-state index contributed by atoms with van der Waals surface area (Å²) in [5.74, 6) is 0.307. The number of carbonyl (C=O) groups excluding carboxylic acids is 1. The summed E-state index contributed by atoms with van der Waals surface area (Å²) in [7, 11) is 0. The van der Waals surface area contributed by atoms with Gasteiger partial charge in [0.05, 0.1) is 5.56 Å². The monoisotopic (exact) mass is 298 g/mol. The number of carbonyl (C=O) groups is 1. The molecule has 0 bridgehead atoms. The van der Waals surface area contributed by atoms with Gasteiger partial charge in [-0.05, 0) is 38.8 Å². The molecule has 0 aliphatic carbocycles. The van der Waals surface area contributed by atoms with Crippen LogP contribution in [0.4, 0.5) is 11.6 Å². The molecule has 1 amide bonds. The Morgan fingerprint density at radius 1 is 1.14 bits per heavy atom. The van der Waals surface area contributed by atoms with Crippen molar-refractivity contribution in [2.45, 2.75) is 39.7 Å². The zero-order valence-corrected chi connectivity index (χ0v) is 13.5. The highest BCUT2D eigenvalue weighted by molar-refractivity contribution is 5.94. The Labute approximate surface area is 131 Å². The van der Waals surface area contributed by atoms with Gasteiger partial charge in [-0.1, -0.05) is 25.1 Å². The molecular formula is C17H22N4O. The van der Waals surface area contributed by atoms with Gasteiger partial charge in [0.25, 0.3) is 5.91 Å². The van der Waals surface area contributed by atoms with Gasteiger partial charge in [0.15, 0.2) is 0 Å². The molecule has 2 N–H and O–H groups in total. The topological polar surface area (TPSA) is 66.9 Å². The number of anilines is 2. The molecule has 22 heavy (non-hydrogen) atoms. The first kappa shape index (κ1) is 15.9. The highest BCUT2D eigenvalue weighted by atomic mass is 16.1. The molecule has 0 aliphatic rings. The van der Waals surface area contributed by atoms with Gasteiger partial charge < -0.3 is 10.6 Å². The van der Waals surface area contributed by atoms with Crippen LogP contribution in [-0.2, 0) is 6.42 Å². The number of aryl methyl sites for hydroxylation is 1. The van der Waals surface area contributed by atoms with E-state index in [-0.39, 0.29) is 11.4 Å². The maximum atomic E-state index is 12.0. The highest BCUT2D eigenvalue weighted by Gasteiger charge is 2.15. The van der Waals surface area contributed by atoms with Gasteiger partial charge in [-0.15, -0.1) is 0 Å². The number of rotatable bonds is 4. The van der Waals surface area contributed by atoms with Crippen molar-refractivity contribution in [3.8, 4) is 0 Å². The average Bonchev–Trinajstić information content (AvgIpc) is 2.47. The number of nitrogens with zero attached hydrogens (tertiary/aromatic N) is 2. The van der Waals surface area contributed by atoms with E-state index in [0.29, 0.717) is 11.5 Å². The maximum absolute atomic E-state index is 12.0. The Hall–Kier alpha value is -2.43. The molecule has 1 aromatic carbocycles. The van der Waals surface area contributed by atoms with Gasteiger partial charge in [-0.3, -0.25) is 4.79 Å². The van der Waals surface area contributed by atoms with Gasteiger partial charge in [0, 0.05) is 23.6 Å².